The normalized spacial score (nSPS) is 15.2. The number of nitrogens with one attached hydrogen (secondary N) is 1. The van der Waals surface area contributed by atoms with E-state index in [1.165, 1.54) is 0 Å². The van der Waals surface area contributed by atoms with Gasteiger partial charge in [0.1, 0.15) is 5.82 Å². The van der Waals surface area contributed by atoms with Crippen LogP contribution in [0.5, 0.6) is 0 Å². The minimum atomic E-state index is -0.965. The van der Waals surface area contributed by atoms with Gasteiger partial charge in [0, 0.05) is 24.8 Å². The molecule has 7 nitrogen and oxygen atoms in total. The predicted octanol–water partition coefficient (Wildman–Crippen LogP) is 2.17. The molecule has 1 fully saturated rings. The lowest BCUT2D eigenvalue weighted by Gasteiger charge is -2.28. The number of nitrogens with zero attached hydrogens (tertiary/aromatic N) is 2. The number of carboxylic acid groups (broad SMARTS) is 1. The van der Waals surface area contributed by atoms with E-state index in [9.17, 15) is 14.7 Å². The van der Waals surface area contributed by atoms with Crippen LogP contribution in [-0.4, -0.2) is 48.3 Å². The first-order valence-corrected chi connectivity index (χ1v) is 8.91. The van der Waals surface area contributed by atoms with Crippen molar-refractivity contribution in [2.45, 2.75) is 19.4 Å². The van der Waals surface area contributed by atoms with Crippen LogP contribution in [0.15, 0.2) is 42.6 Å². The van der Waals surface area contributed by atoms with E-state index in [4.69, 9.17) is 4.74 Å². The van der Waals surface area contributed by atoms with Gasteiger partial charge in [-0.15, -0.1) is 0 Å². The summed E-state index contributed by atoms with van der Waals surface area (Å²) in [6.45, 7) is 4.61. The Balaban J connectivity index is 1.79. The first-order chi connectivity index (χ1) is 13.0. The Morgan fingerprint density at radius 2 is 2.00 bits per heavy atom. The monoisotopic (exact) mass is 369 g/mol. The van der Waals surface area contributed by atoms with Crippen molar-refractivity contribution in [3.63, 3.8) is 0 Å². The van der Waals surface area contributed by atoms with Crippen LogP contribution in [0.4, 0.5) is 5.82 Å². The zero-order chi connectivity index (χ0) is 19.2. The molecule has 1 saturated heterocycles. The van der Waals surface area contributed by atoms with Crippen molar-refractivity contribution in [1.82, 2.24) is 10.3 Å². The third-order valence-corrected chi connectivity index (χ3v) is 4.59. The first-order valence-electron chi connectivity index (χ1n) is 8.91. The summed E-state index contributed by atoms with van der Waals surface area (Å²) in [6.07, 6.45) is 1.41. The summed E-state index contributed by atoms with van der Waals surface area (Å²) < 4.78 is 5.34. The molecular weight excluding hydrogens is 346 g/mol. The van der Waals surface area contributed by atoms with Gasteiger partial charge in [0.2, 0.25) is 0 Å². The van der Waals surface area contributed by atoms with Gasteiger partial charge in [-0.2, -0.15) is 0 Å². The van der Waals surface area contributed by atoms with Gasteiger partial charge in [0.25, 0.3) is 5.91 Å². The summed E-state index contributed by atoms with van der Waals surface area (Å²) >= 11 is 0. The Bertz CT molecular complexity index is 818. The highest BCUT2D eigenvalue weighted by atomic mass is 16.5. The van der Waals surface area contributed by atoms with Gasteiger partial charge in [-0.1, -0.05) is 24.3 Å². The van der Waals surface area contributed by atoms with E-state index in [1.807, 2.05) is 31.2 Å². The molecule has 2 aromatic rings. The molecule has 1 amide bonds. The largest absolute Gasteiger partial charge is 0.481 e. The summed E-state index contributed by atoms with van der Waals surface area (Å²) in [7, 11) is 0. The van der Waals surface area contributed by atoms with Crippen LogP contribution < -0.4 is 10.2 Å². The maximum Gasteiger partial charge on any atom is 0.305 e. The van der Waals surface area contributed by atoms with E-state index in [2.05, 4.69) is 15.2 Å². The molecule has 0 radical (unpaired) electrons. The number of aryl methyl sites for hydroxylation is 1. The first kappa shape index (κ1) is 18.8. The van der Waals surface area contributed by atoms with Crippen molar-refractivity contribution in [2.24, 2.45) is 0 Å². The second kappa shape index (κ2) is 8.64. The van der Waals surface area contributed by atoms with Gasteiger partial charge in [0.05, 0.1) is 25.7 Å². The average molecular weight is 369 g/mol. The number of carboxylic acids is 1. The van der Waals surface area contributed by atoms with Crippen LogP contribution in [-0.2, 0) is 9.53 Å². The number of hydrogen-bond acceptors (Lipinski definition) is 5. The SMILES string of the molecule is Cc1ccccc1C(CC(=O)O)NC(=O)c1ccnc(N2CCOCC2)c1. The van der Waals surface area contributed by atoms with Gasteiger partial charge < -0.3 is 20.1 Å². The molecule has 0 bridgehead atoms. The van der Waals surface area contributed by atoms with E-state index in [-0.39, 0.29) is 12.3 Å². The molecule has 2 N–H and O–H groups in total. The van der Waals surface area contributed by atoms with Crippen LogP contribution in [0.1, 0.15) is 33.9 Å². The Kier molecular flexibility index (Phi) is 6.03. The smallest absolute Gasteiger partial charge is 0.305 e. The molecule has 2 heterocycles. The fraction of sp³-hybridized carbons (Fsp3) is 0.350. The summed E-state index contributed by atoms with van der Waals surface area (Å²) in [6, 6.07) is 10.2. The maximum atomic E-state index is 12.8. The molecule has 1 aliphatic heterocycles. The molecule has 1 unspecified atom stereocenters. The lowest BCUT2D eigenvalue weighted by Crippen LogP contribution is -2.37. The standard InChI is InChI=1S/C20H23N3O4/c1-14-4-2-3-5-16(14)17(13-19(24)25)22-20(26)15-6-7-21-18(12-15)23-8-10-27-11-9-23/h2-7,12,17H,8-11,13H2,1H3,(H,22,26)(H,24,25). The van der Waals surface area contributed by atoms with Crippen LogP contribution in [0, 0.1) is 6.92 Å². The van der Waals surface area contributed by atoms with E-state index in [0.717, 1.165) is 30.0 Å². The second-order valence-electron chi connectivity index (χ2n) is 6.48. The predicted molar refractivity (Wildman–Crippen MR) is 101 cm³/mol. The Labute approximate surface area is 158 Å². The number of pyridine rings is 1. The van der Waals surface area contributed by atoms with Gasteiger partial charge in [-0.25, -0.2) is 4.98 Å². The molecule has 1 atom stereocenters. The number of aromatic nitrogens is 1. The van der Waals surface area contributed by atoms with Gasteiger partial charge in [-0.3, -0.25) is 9.59 Å². The molecule has 0 spiro atoms. The van der Waals surface area contributed by atoms with Crippen LogP contribution >= 0.6 is 0 Å². The van der Waals surface area contributed by atoms with Crippen LogP contribution in [0.25, 0.3) is 0 Å². The van der Waals surface area contributed by atoms with Crippen molar-refractivity contribution in [3.8, 4) is 0 Å². The van der Waals surface area contributed by atoms with E-state index < -0.39 is 12.0 Å². The number of benzene rings is 1. The lowest BCUT2D eigenvalue weighted by molar-refractivity contribution is -0.137. The minimum Gasteiger partial charge on any atom is -0.481 e. The number of carbonyl (C=O) groups excluding carboxylic acids is 1. The summed E-state index contributed by atoms with van der Waals surface area (Å²) in [5, 5.41) is 12.1. The minimum absolute atomic E-state index is 0.183. The molecule has 1 aliphatic rings. The molecule has 0 saturated carbocycles. The molecule has 142 valence electrons. The number of rotatable bonds is 6. The second-order valence-corrected chi connectivity index (χ2v) is 6.48. The number of aliphatic carboxylic acids is 1. The number of anilines is 1. The molecule has 1 aromatic carbocycles. The fourth-order valence-electron chi connectivity index (χ4n) is 3.16. The third-order valence-electron chi connectivity index (χ3n) is 4.59. The Morgan fingerprint density at radius 1 is 1.26 bits per heavy atom. The highest BCUT2D eigenvalue weighted by molar-refractivity contribution is 5.95. The van der Waals surface area contributed by atoms with Crippen molar-refractivity contribution in [1.29, 1.82) is 0 Å². The van der Waals surface area contributed by atoms with E-state index in [0.29, 0.717) is 18.8 Å². The number of carbonyl (C=O) groups is 2. The molecule has 7 heteroatoms. The average Bonchev–Trinajstić information content (AvgIpc) is 2.68. The third kappa shape index (κ3) is 4.83. The Hall–Kier alpha value is -2.93. The topological polar surface area (TPSA) is 91.8 Å². The molecule has 1 aromatic heterocycles. The highest BCUT2D eigenvalue weighted by Crippen LogP contribution is 2.22. The van der Waals surface area contributed by atoms with Gasteiger partial charge in [-0.05, 0) is 30.2 Å². The molecule has 3 rings (SSSR count). The zero-order valence-electron chi connectivity index (χ0n) is 15.2. The summed E-state index contributed by atoms with van der Waals surface area (Å²) in [5.74, 6) is -0.565. The van der Waals surface area contributed by atoms with Gasteiger partial charge in [0.15, 0.2) is 0 Å². The van der Waals surface area contributed by atoms with Gasteiger partial charge >= 0.3 is 5.97 Å². The van der Waals surface area contributed by atoms with E-state index in [1.54, 1.807) is 18.3 Å². The number of amides is 1. The molecular formula is C20H23N3O4. The van der Waals surface area contributed by atoms with Crippen molar-refractivity contribution < 1.29 is 19.4 Å². The van der Waals surface area contributed by atoms with E-state index >= 15 is 0 Å². The zero-order valence-corrected chi connectivity index (χ0v) is 15.2. The summed E-state index contributed by atoms with van der Waals surface area (Å²) in [5.41, 5.74) is 2.19. The Morgan fingerprint density at radius 3 is 2.70 bits per heavy atom. The van der Waals surface area contributed by atoms with Crippen LogP contribution in [0.2, 0.25) is 0 Å². The quantitative estimate of drug-likeness (QED) is 0.811. The molecule has 27 heavy (non-hydrogen) atoms. The fourth-order valence-corrected chi connectivity index (χ4v) is 3.16. The summed E-state index contributed by atoms with van der Waals surface area (Å²) in [4.78, 5) is 30.5. The number of morpholine rings is 1. The highest BCUT2D eigenvalue weighted by Gasteiger charge is 2.21. The van der Waals surface area contributed by atoms with Crippen molar-refractivity contribution >= 4 is 17.7 Å². The van der Waals surface area contributed by atoms with Crippen LogP contribution in [0.3, 0.4) is 0 Å². The lowest BCUT2D eigenvalue weighted by atomic mass is 9.98. The maximum absolute atomic E-state index is 12.8. The van der Waals surface area contributed by atoms with Crippen molar-refractivity contribution in [2.75, 3.05) is 31.2 Å². The number of hydrogen-bond donors (Lipinski definition) is 2. The molecule has 0 aliphatic carbocycles. The van der Waals surface area contributed by atoms with Crippen molar-refractivity contribution in [3.05, 3.63) is 59.3 Å². The number of ether oxygens (including phenoxy) is 1.